The average Bonchev–Trinajstić information content (AvgIpc) is 2.73. The Bertz CT molecular complexity index is 974. The second-order valence-electron chi connectivity index (χ2n) is 7.15. The molecule has 29 heavy (non-hydrogen) atoms. The third kappa shape index (κ3) is 4.83. The Kier molecular flexibility index (Phi) is 6.32. The Labute approximate surface area is 168 Å². The van der Waals surface area contributed by atoms with Crippen LogP contribution in [0.1, 0.15) is 6.42 Å². The third-order valence-corrected chi connectivity index (χ3v) is 5.26. The predicted molar refractivity (Wildman–Crippen MR) is 112 cm³/mol. The molecule has 156 valence electrons. The van der Waals surface area contributed by atoms with Crippen LogP contribution in [0.3, 0.4) is 0 Å². The normalized spacial score (nSPS) is 14.8. The molecule has 10 heteroatoms. The maximum Gasteiger partial charge on any atom is 0.332 e. The Balaban J connectivity index is 1.44. The minimum Gasteiger partial charge on any atom is -0.385 e. The lowest BCUT2D eigenvalue weighted by atomic mass is 10.2. The lowest BCUT2D eigenvalue weighted by Gasteiger charge is -2.36. The molecule has 0 radical (unpaired) electrons. The molecule has 0 spiro atoms. The fraction of sp³-hybridized carbons (Fsp3) is 0.474. The summed E-state index contributed by atoms with van der Waals surface area (Å²) in [6, 6.07) is 7.93. The van der Waals surface area contributed by atoms with Gasteiger partial charge in [0.15, 0.2) is 0 Å². The summed E-state index contributed by atoms with van der Waals surface area (Å²) in [5.74, 6) is 0.664. The number of hydrogen-bond acceptors (Lipinski definition) is 7. The van der Waals surface area contributed by atoms with Crippen LogP contribution in [0.4, 0.5) is 17.2 Å². The van der Waals surface area contributed by atoms with Crippen LogP contribution in [-0.4, -0.2) is 58.2 Å². The summed E-state index contributed by atoms with van der Waals surface area (Å²) in [5.41, 5.74) is 0.351. The maximum atomic E-state index is 12.1. The van der Waals surface area contributed by atoms with Crippen LogP contribution < -0.4 is 21.5 Å². The van der Waals surface area contributed by atoms with E-state index in [2.05, 4.69) is 15.1 Å². The van der Waals surface area contributed by atoms with E-state index >= 15 is 0 Å². The highest BCUT2D eigenvalue weighted by molar-refractivity contribution is 5.48. The van der Waals surface area contributed by atoms with E-state index in [1.54, 1.807) is 19.2 Å². The molecule has 0 amide bonds. The molecular formula is C19H26N6O4. The number of rotatable bonds is 7. The van der Waals surface area contributed by atoms with Crippen molar-refractivity contribution in [2.75, 3.05) is 49.5 Å². The fourth-order valence-corrected chi connectivity index (χ4v) is 3.46. The van der Waals surface area contributed by atoms with Crippen molar-refractivity contribution in [1.29, 1.82) is 0 Å². The molecule has 1 aliphatic rings. The van der Waals surface area contributed by atoms with E-state index in [0.717, 1.165) is 55.9 Å². The van der Waals surface area contributed by atoms with Crippen molar-refractivity contribution in [2.45, 2.75) is 6.42 Å². The van der Waals surface area contributed by atoms with Crippen LogP contribution in [-0.2, 0) is 14.1 Å². The SMILES string of the molecule is Cn1c(N2CCN(CCCNc3ccc([N+](=O)[O-])cc3)CC2)cc(=O)n(C)c1=O. The maximum absolute atomic E-state index is 12.1. The minimum absolute atomic E-state index is 0.0854. The molecule has 1 aromatic heterocycles. The zero-order chi connectivity index (χ0) is 21.0. The van der Waals surface area contributed by atoms with Crippen molar-refractivity contribution in [3.63, 3.8) is 0 Å². The number of nitro groups is 1. The van der Waals surface area contributed by atoms with Gasteiger partial charge in [-0.3, -0.25) is 28.9 Å². The molecule has 1 aliphatic heterocycles. The first-order valence-corrected chi connectivity index (χ1v) is 9.59. The summed E-state index contributed by atoms with van der Waals surface area (Å²) < 4.78 is 2.63. The van der Waals surface area contributed by atoms with Gasteiger partial charge < -0.3 is 10.2 Å². The molecule has 2 heterocycles. The summed E-state index contributed by atoms with van der Waals surface area (Å²) in [7, 11) is 3.17. The van der Waals surface area contributed by atoms with Gasteiger partial charge in [0.2, 0.25) is 0 Å². The molecule has 1 N–H and O–H groups in total. The van der Waals surface area contributed by atoms with Crippen molar-refractivity contribution in [1.82, 2.24) is 14.0 Å². The van der Waals surface area contributed by atoms with E-state index in [1.807, 2.05) is 0 Å². The zero-order valence-electron chi connectivity index (χ0n) is 16.7. The number of non-ortho nitro benzene ring substituents is 1. The third-order valence-electron chi connectivity index (χ3n) is 5.26. The molecule has 0 saturated carbocycles. The standard InChI is InChI=1S/C19H26N6O4/c1-21-17(14-18(26)22(2)19(21)27)24-12-10-23(11-13-24)9-3-8-20-15-4-6-16(7-5-15)25(28)29/h4-7,14,20H,3,8-13H2,1-2H3. The van der Waals surface area contributed by atoms with Crippen molar-refractivity contribution in [3.8, 4) is 0 Å². The topological polar surface area (TPSA) is 106 Å². The molecule has 10 nitrogen and oxygen atoms in total. The second kappa shape index (κ2) is 8.91. The summed E-state index contributed by atoms with van der Waals surface area (Å²) >= 11 is 0. The first kappa shape index (κ1) is 20.6. The van der Waals surface area contributed by atoms with Crippen LogP contribution in [0.5, 0.6) is 0 Å². The number of hydrogen-bond donors (Lipinski definition) is 1. The van der Waals surface area contributed by atoms with Gasteiger partial charge in [-0.1, -0.05) is 0 Å². The summed E-state index contributed by atoms with van der Waals surface area (Å²) in [6.45, 7) is 4.96. The van der Waals surface area contributed by atoms with E-state index in [9.17, 15) is 19.7 Å². The monoisotopic (exact) mass is 402 g/mol. The van der Waals surface area contributed by atoms with E-state index in [0.29, 0.717) is 5.82 Å². The molecule has 3 rings (SSSR count). The quantitative estimate of drug-likeness (QED) is 0.411. The highest BCUT2D eigenvalue weighted by atomic mass is 16.6. The first-order chi connectivity index (χ1) is 13.9. The molecule has 2 aromatic rings. The average molecular weight is 402 g/mol. The van der Waals surface area contributed by atoms with Gasteiger partial charge in [0.25, 0.3) is 11.2 Å². The van der Waals surface area contributed by atoms with Crippen molar-refractivity contribution in [2.24, 2.45) is 14.1 Å². The van der Waals surface area contributed by atoms with Crippen LogP contribution in [0.2, 0.25) is 0 Å². The van der Waals surface area contributed by atoms with Gasteiger partial charge in [-0.25, -0.2) is 4.79 Å². The summed E-state index contributed by atoms with van der Waals surface area (Å²) in [5, 5.41) is 13.9. The predicted octanol–water partition coefficient (Wildman–Crippen LogP) is 0.616. The largest absolute Gasteiger partial charge is 0.385 e. The van der Waals surface area contributed by atoms with Gasteiger partial charge in [-0.05, 0) is 25.1 Å². The van der Waals surface area contributed by atoms with Gasteiger partial charge in [0.1, 0.15) is 5.82 Å². The number of aromatic nitrogens is 2. The molecule has 0 bridgehead atoms. The van der Waals surface area contributed by atoms with Gasteiger partial charge >= 0.3 is 5.69 Å². The van der Waals surface area contributed by atoms with Gasteiger partial charge in [0.05, 0.1) is 4.92 Å². The van der Waals surface area contributed by atoms with Crippen molar-refractivity contribution < 1.29 is 4.92 Å². The molecule has 1 fully saturated rings. The fourth-order valence-electron chi connectivity index (χ4n) is 3.46. The highest BCUT2D eigenvalue weighted by Gasteiger charge is 2.19. The number of nitro benzene ring substituents is 1. The number of benzene rings is 1. The number of anilines is 2. The smallest absolute Gasteiger partial charge is 0.332 e. The number of nitrogens with zero attached hydrogens (tertiary/aromatic N) is 5. The van der Waals surface area contributed by atoms with Gasteiger partial charge in [0, 0.05) is 70.7 Å². The lowest BCUT2D eigenvalue weighted by Crippen LogP contribution is -2.49. The number of piperazine rings is 1. The van der Waals surface area contributed by atoms with E-state index in [-0.39, 0.29) is 16.9 Å². The Morgan fingerprint density at radius 2 is 1.69 bits per heavy atom. The lowest BCUT2D eigenvalue weighted by molar-refractivity contribution is -0.384. The molecule has 1 aromatic carbocycles. The van der Waals surface area contributed by atoms with E-state index < -0.39 is 4.92 Å². The molecule has 0 atom stereocenters. The van der Waals surface area contributed by atoms with E-state index in [4.69, 9.17) is 0 Å². The molecule has 0 unspecified atom stereocenters. The molecule has 0 aliphatic carbocycles. The van der Waals surface area contributed by atoms with Crippen LogP contribution in [0.25, 0.3) is 0 Å². The van der Waals surface area contributed by atoms with E-state index in [1.165, 1.54) is 29.8 Å². The second-order valence-corrected chi connectivity index (χ2v) is 7.15. The Hall–Kier alpha value is -3.14. The molecular weight excluding hydrogens is 376 g/mol. The van der Waals surface area contributed by atoms with Crippen molar-refractivity contribution in [3.05, 3.63) is 61.3 Å². The molecule has 1 saturated heterocycles. The van der Waals surface area contributed by atoms with Gasteiger partial charge in [-0.2, -0.15) is 0 Å². The summed E-state index contributed by atoms with van der Waals surface area (Å²) in [6.07, 6.45) is 0.946. The van der Waals surface area contributed by atoms with Crippen LogP contribution in [0.15, 0.2) is 39.9 Å². The number of nitrogens with one attached hydrogen (secondary N) is 1. The Morgan fingerprint density at radius 1 is 1.03 bits per heavy atom. The minimum atomic E-state index is -0.408. The van der Waals surface area contributed by atoms with Gasteiger partial charge in [-0.15, -0.1) is 0 Å². The first-order valence-electron chi connectivity index (χ1n) is 9.59. The highest BCUT2D eigenvalue weighted by Crippen LogP contribution is 2.16. The van der Waals surface area contributed by atoms with Crippen LogP contribution in [0, 0.1) is 10.1 Å². The summed E-state index contributed by atoms with van der Waals surface area (Å²) in [4.78, 5) is 38.7. The Morgan fingerprint density at radius 3 is 2.31 bits per heavy atom. The van der Waals surface area contributed by atoms with Crippen molar-refractivity contribution >= 4 is 17.2 Å². The zero-order valence-corrected chi connectivity index (χ0v) is 16.7. The van der Waals surface area contributed by atoms with Crippen LogP contribution >= 0.6 is 0 Å².